The van der Waals surface area contributed by atoms with E-state index < -0.39 is 0 Å². The quantitative estimate of drug-likeness (QED) is 0.674. The molecule has 2 aromatic carbocycles. The minimum atomic E-state index is -0.0493. The van der Waals surface area contributed by atoms with Crippen LogP contribution < -0.4 is 4.74 Å². The van der Waals surface area contributed by atoms with Gasteiger partial charge in [-0.2, -0.15) is 4.98 Å². The van der Waals surface area contributed by atoms with Crippen LogP contribution in [0.15, 0.2) is 53.1 Å². The van der Waals surface area contributed by atoms with Crippen molar-refractivity contribution in [2.75, 3.05) is 20.2 Å². The average Bonchev–Trinajstić information content (AvgIpc) is 3.19. The molecule has 134 valence electrons. The first-order valence-corrected chi connectivity index (χ1v) is 8.54. The van der Waals surface area contributed by atoms with Crippen LogP contribution in [0, 0.1) is 0 Å². The molecule has 0 unspecified atom stereocenters. The predicted octanol–water partition coefficient (Wildman–Crippen LogP) is 3.89. The molecule has 0 atom stereocenters. The lowest BCUT2D eigenvalue weighted by atomic mass is 10.1. The molecule has 3 rings (SSSR count). The summed E-state index contributed by atoms with van der Waals surface area (Å²) >= 11 is 0. The maximum atomic E-state index is 12.8. The number of amides is 1. The second-order valence-electron chi connectivity index (χ2n) is 5.68. The van der Waals surface area contributed by atoms with Crippen LogP contribution in [0.2, 0.25) is 0 Å². The molecule has 0 bridgehead atoms. The van der Waals surface area contributed by atoms with E-state index in [0.717, 1.165) is 5.56 Å². The molecule has 6 nitrogen and oxygen atoms in total. The Balaban J connectivity index is 1.98. The number of benzene rings is 2. The van der Waals surface area contributed by atoms with Crippen molar-refractivity contribution in [3.63, 3.8) is 0 Å². The molecule has 1 aromatic heterocycles. The Bertz CT molecular complexity index is 901. The van der Waals surface area contributed by atoms with Crippen LogP contribution >= 0.6 is 0 Å². The minimum Gasteiger partial charge on any atom is -0.497 e. The van der Waals surface area contributed by atoms with Gasteiger partial charge in [0, 0.05) is 18.7 Å². The standard InChI is InChI=1S/C20H21N3O3/c1-4-23(5-2)20(24)17-12-7-6-11-16(17)19-21-18(22-26-19)14-9-8-10-15(13-14)25-3/h6-13H,4-5H2,1-3H3. The van der Waals surface area contributed by atoms with Gasteiger partial charge in [0.15, 0.2) is 0 Å². The number of hydrogen-bond acceptors (Lipinski definition) is 5. The number of nitrogens with zero attached hydrogens (tertiary/aromatic N) is 3. The highest BCUT2D eigenvalue weighted by Crippen LogP contribution is 2.27. The van der Waals surface area contributed by atoms with Gasteiger partial charge in [-0.3, -0.25) is 4.79 Å². The molecule has 0 fully saturated rings. The number of methoxy groups -OCH3 is 1. The van der Waals surface area contributed by atoms with E-state index >= 15 is 0 Å². The number of aromatic nitrogens is 2. The van der Waals surface area contributed by atoms with Gasteiger partial charge in [0.1, 0.15) is 5.75 Å². The number of rotatable bonds is 6. The van der Waals surface area contributed by atoms with Crippen LogP contribution in [-0.4, -0.2) is 41.1 Å². The Labute approximate surface area is 152 Å². The van der Waals surface area contributed by atoms with Gasteiger partial charge >= 0.3 is 0 Å². The maximum Gasteiger partial charge on any atom is 0.259 e. The molecule has 3 aromatic rings. The second kappa shape index (κ2) is 7.82. The number of carbonyl (C=O) groups excluding carboxylic acids is 1. The summed E-state index contributed by atoms with van der Waals surface area (Å²) in [7, 11) is 1.61. The highest BCUT2D eigenvalue weighted by atomic mass is 16.5. The largest absolute Gasteiger partial charge is 0.497 e. The summed E-state index contributed by atoms with van der Waals surface area (Å²) in [6.45, 7) is 5.19. The molecule has 0 N–H and O–H groups in total. The highest BCUT2D eigenvalue weighted by molar-refractivity contribution is 6.00. The molecule has 0 saturated carbocycles. The van der Waals surface area contributed by atoms with Crippen LogP contribution in [0.25, 0.3) is 22.8 Å². The van der Waals surface area contributed by atoms with Gasteiger partial charge in [-0.1, -0.05) is 29.4 Å². The normalized spacial score (nSPS) is 10.6. The lowest BCUT2D eigenvalue weighted by molar-refractivity contribution is 0.0773. The number of carbonyl (C=O) groups is 1. The van der Waals surface area contributed by atoms with Crippen molar-refractivity contribution >= 4 is 5.91 Å². The van der Waals surface area contributed by atoms with Crippen molar-refractivity contribution in [1.29, 1.82) is 0 Å². The summed E-state index contributed by atoms with van der Waals surface area (Å²) in [5, 5.41) is 4.06. The molecule has 0 spiro atoms. The summed E-state index contributed by atoms with van der Waals surface area (Å²) in [6, 6.07) is 14.7. The smallest absolute Gasteiger partial charge is 0.259 e. The molecule has 0 aliphatic rings. The van der Waals surface area contributed by atoms with Crippen molar-refractivity contribution in [3.8, 4) is 28.6 Å². The van der Waals surface area contributed by atoms with Gasteiger partial charge in [-0.25, -0.2) is 0 Å². The van der Waals surface area contributed by atoms with Crippen LogP contribution in [0.3, 0.4) is 0 Å². The summed E-state index contributed by atoms with van der Waals surface area (Å²) in [5.41, 5.74) is 1.97. The third-order valence-corrected chi connectivity index (χ3v) is 4.19. The third-order valence-electron chi connectivity index (χ3n) is 4.19. The first kappa shape index (κ1) is 17.7. The van der Waals surface area contributed by atoms with Crippen molar-refractivity contribution in [2.24, 2.45) is 0 Å². The van der Waals surface area contributed by atoms with E-state index in [9.17, 15) is 4.79 Å². The molecule has 1 heterocycles. The van der Waals surface area contributed by atoms with Crippen LogP contribution in [0.5, 0.6) is 5.75 Å². The van der Waals surface area contributed by atoms with E-state index in [0.29, 0.717) is 41.7 Å². The fourth-order valence-corrected chi connectivity index (χ4v) is 2.75. The Morgan fingerprint density at radius 2 is 1.88 bits per heavy atom. The number of hydrogen-bond donors (Lipinski definition) is 0. The molecule has 6 heteroatoms. The molecule has 0 saturated heterocycles. The molecule has 0 aliphatic heterocycles. The van der Waals surface area contributed by atoms with Crippen molar-refractivity contribution in [2.45, 2.75) is 13.8 Å². The van der Waals surface area contributed by atoms with E-state index in [-0.39, 0.29) is 5.91 Å². The molecule has 0 aliphatic carbocycles. The van der Waals surface area contributed by atoms with E-state index in [1.54, 1.807) is 18.1 Å². The molecular weight excluding hydrogens is 330 g/mol. The topological polar surface area (TPSA) is 68.5 Å². The Hall–Kier alpha value is -3.15. The van der Waals surface area contributed by atoms with Crippen LogP contribution in [0.4, 0.5) is 0 Å². The summed E-state index contributed by atoms with van der Waals surface area (Å²) in [4.78, 5) is 19.0. The van der Waals surface area contributed by atoms with Crippen molar-refractivity contribution in [1.82, 2.24) is 15.0 Å². The minimum absolute atomic E-state index is 0.0493. The van der Waals surface area contributed by atoms with Gasteiger partial charge < -0.3 is 14.2 Å². The first-order chi connectivity index (χ1) is 12.7. The first-order valence-electron chi connectivity index (χ1n) is 8.54. The Morgan fingerprint density at radius 1 is 1.12 bits per heavy atom. The molecule has 26 heavy (non-hydrogen) atoms. The van der Waals surface area contributed by atoms with Gasteiger partial charge in [0.05, 0.1) is 18.2 Å². The second-order valence-corrected chi connectivity index (χ2v) is 5.68. The summed E-state index contributed by atoms with van der Waals surface area (Å²) in [5.74, 6) is 1.43. The van der Waals surface area contributed by atoms with Crippen molar-refractivity contribution in [3.05, 3.63) is 54.1 Å². The fraction of sp³-hybridized carbons (Fsp3) is 0.250. The Morgan fingerprint density at radius 3 is 2.62 bits per heavy atom. The summed E-state index contributed by atoms with van der Waals surface area (Å²) < 4.78 is 10.7. The maximum absolute atomic E-state index is 12.8. The molecule has 1 amide bonds. The van der Waals surface area contributed by atoms with E-state index in [4.69, 9.17) is 9.26 Å². The lowest BCUT2D eigenvalue weighted by Gasteiger charge is -2.19. The van der Waals surface area contributed by atoms with Crippen molar-refractivity contribution < 1.29 is 14.1 Å². The van der Waals surface area contributed by atoms with Crippen LogP contribution in [-0.2, 0) is 0 Å². The highest BCUT2D eigenvalue weighted by Gasteiger charge is 2.20. The number of ether oxygens (including phenoxy) is 1. The van der Waals surface area contributed by atoms with Gasteiger partial charge in [0.25, 0.3) is 11.8 Å². The SMILES string of the molecule is CCN(CC)C(=O)c1ccccc1-c1nc(-c2cccc(OC)c2)no1. The summed E-state index contributed by atoms with van der Waals surface area (Å²) in [6.07, 6.45) is 0. The van der Waals surface area contributed by atoms with E-state index in [2.05, 4.69) is 10.1 Å². The average molecular weight is 351 g/mol. The fourth-order valence-electron chi connectivity index (χ4n) is 2.75. The molecule has 0 radical (unpaired) electrons. The predicted molar refractivity (Wildman–Crippen MR) is 99.0 cm³/mol. The van der Waals surface area contributed by atoms with E-state index in [1.165, 1.54) is 0 Å². The lowest BCUT2D eigenvalue weighted by Crippen LogP contribution is -2.30. The van der Waals surface area contributed by atoms with Gasteiger partial charge in [0.2, 0.25) is 5.82 Å². The third kappa shape index (κ3) is 3.44. The van der Waals surface area contributed by atoms with Crippen LogP contribution in [0.1, 0.15) is 24.2 Å². The van der Waals surface area contributed by atoms with Gasteiger partial charge in [-0.05, 0) is 38.1 Å². The van der Waals surface area contributed by atoms with E-state index in [1.807, 2.05) is 56.3 Å². The monoisotopic (exact) mass is 351 g/mol. The zero-order valence-electron chi connectivity index (χ0n) is 15.1. The zero-order valence-corrected chi connectivity index (χ0v) is 15.1. The molecular formula is C20H21N3O3. The van der Waals surface area contributed by atoms with Gasteiger partial charge in [-0.15, -0.1) is 0 Å². The Kier molecular flexibility index (Phi) is 5.31. The zero-order chi connectivity index (χ0) is 18.5.